The fraction of sp³-hybridized carbons (Fsp3) is 0.375. The van der Waals surface area contributed by atoms with Crippen molar-refractivity contribution in [3.8, 4) is 0 Å². The Kier molecular flexibility index (Phi) is 6.20. The van der Waals surface area contributed by atoms with Gasteiger partial charge >= 0.3 is 5.97 Å². The molecule has 7 heteroatoms. The normalized spacial score (nSPS) is 12.2. The zero-order chi connectivity index (χ0) is 16.8. The Morgan fingerprint density at radius 2 is 2.26 bits per heavy atom. The minimum absolute atomic E-state index is 0.127. The monoisotopic (exact) mass is 336 g/mol. The number of benzene rings is 1. The predicted molar refractivity (Wildman–Crippen MR) is 87.2 cm³/mol. The van der Waals surface area contributed by atoms with Crippen molar-refractivity contribution in [2.45, 2.75) is 37.1 Å². The van der Waals surface area contributed by atoms with E-state index in [1.165, 1.54) is 18.9 Å². The number of hydrogen-bond acceptors (Lipinski definition) is 6. The van der Waals surface area contributed by atoms with Crippen LogP contribution in [0.3, 0.4) is 0 Å². The molecule has 0 saturated heterocycles. The second kappa shape index (κ2) is 8.14. The van der Waals surface area contributed by atoms with Crippen molar-refractivity contribution in [3.05, 3.63) is 47.3 Å². The molecule has 0 aliphatic rings. The van der Waals surface area contributed by atoms with Crippen molar-refractivity contribution in [1.82, 2.24) is 9.55 Å². The SMILES string of the molecule is COC(=O)c1cccc(CSc2ncc(CO)n2CC(C)O)c1. The average molecular weight is 336 g/mol. The number of carbonyl (C=O) groups excluding carboxylic acids is 1. The minimum Gasteiger partial charge on any atom is -0.465 e. The summed E-state index contributed by atoms with van der Waals surface area (Å²) in [6, 6.07) is 7.23. The molecule has 0 aliphatic heterocycles. The van der Waals surface area contributed by atoms with Crippen LogP contribution in [0.5, 0.6) is 0 Å². The lowest BCUT2D eigenvalue weighted by Crippen LogP contribution is -2.15. The Labute approximate surface area is 139 Å². The van der Waals surface area contributed by atoms with Crippen LogP contribution in [0.1, 0.15) is 28.5 Å². The minimum atomic E-state index is -0.531. The van der Waals surface area contributed by atoms with Crippen molar-refractivity contribution in [2.24, 2.45) is 0 Å². The van der Waals surface area contributed by atoms with Gasteiger partial charge in [0, 0.05) is 5.75 Å². The summed E-state index contributed by atoms with van der Waals surface area (Å²) in [4.78, 5) is 15.8. The third-order valence-electron chi connectivity index (χ3n) is 3.23. The van der Waals surface area contributed by atoms with Gasteiger partial charge < -0.3 is 19.5 Å². The van der Waals surface area contributed by atoms with Crippen molar-refractivity contribution < 1.29 is 19.7 Å². The molecule has 2 aromatic rings. The Balaban J connectivity index is 2.12. The lowest BCUT2D eigenvalue weighted by molar-refractivity contribution is 0.0600. The number of ether oxygens (including phenoxy) is 1. The van der Waals surface area contributed by atoms with Gasteiger partial charge in [-0.1, -0.05) is 23.9 Å². The Bertz CT molecular complexity index is 670. The molecule has 23 heavy (non-hydrogen) atoms. The van der Waals surface area contributed by atoms with Gasteiger partial charge in [-0.3, -0.25) is 0 Å². The van der Waals surface area contributed by atoms with Crippen LogP contribution in [0.15, 0.2) is 35.6 Å². The fourth-order valence-electron chi connectivity index (χ4n) is 2.15. The molecule has 2 N–H and O–H groups in total. The molecule has 0 amide bonds. The first kappa shape index (κ1) is 17.5. The molecule has 6 nitrogen and oxygen atoms in total. The van der Waals surface area contributed by atoms with Gasteiger partial charge in [-0.2, -0.15) is 0 Å². The number of nitrogens with zero attached hydrogens (tertiary/aromatic N) is 2. The summed E-state index contributed by atoms with van der Waals surface area (Å²) in [5.41, 5.74) is 2.14. The van der Waals surface area contributed by atoms with Gasteiger partial charge in [-0.05, 0) is 24.6 Å². The van der Waals surface area contributed by atoms with Gasteiger partial charge in [0.1, 0.15) is 0 Å². The highest BCUT2D eigenvalue weighted by Gasteiger charge is 2.12. The smallest absolute Gasteiger partial charge is 0.337 e. The molecule has 1 unspecified atom stereocenters. The number of hydrogen-bond donors (Lipinski definition) is 2. The summed E-state index contributed by atoms with van der Waals surface area (Å²) in [5, 5.41) is 19.7. The van der Waals surface area contributed by atoms with Gasteiger partial charge in [0.15, 0.2) is 5.16 Å². The van der Waals surface area contributed by atoms with Crippen LogP contribution in [-0.2, 0) is 23.6 Å². The maximum Gasteiger partial charge on any atom is 0.337 e. The molecule has 0 radical (unpaired) electrons. The van der Waals surface area contributed by atoms with Crippen LogP contribution in [0.25, 0.3) is 0 Å². The van der Waals surface area contributed by atoms with Gasteiger partial charge in [0.05, 0.1) is 43.8 Å². The number of rotatable bonds is 7. The van der Waals surface area contributed by atoms with E-state index >= 15 is 0 Å². The maximum atomic E-state index is 11.6. The molecule has 0 spiro atoms. The summed E-state index contributed by atoms with van der Waals surface area (Å²) < 4.78 is 6.52. The second-order valence-corrected chi connectivity index (χ2v) is 6.07. The molecule has 0 bridgehead atoms. The van der Waals surface area contributed by atoms with Crippen LogP contribution in [-0.4, -0.2) is 38.9 Å². The van der Waals surface area contributed by atoms with Crippen LogP contribution in [0.2, 0.25) is 0 Å². The van der Waals surface area contributed by atoms with Crippen molar-refractivity contribution in [2.75, 3.05) is 7.11 Å². The molecule has 0 saturated carbocycles. The quantitative estimate of drug-likeness (QED) is 0.593. The van der Waals surface area contributed by atoms with Gasteiger partial charge in [0.2, 0.25) is 0 Å². The van der Waals surface area contributed by atoms with Crippen molar-refractivity contribution >= 4 is 17.7 Å². The summed E-state index contributed by atoms with van der Waals surface area (Å²) >= 11 is 1.48. The van der Waals surface area contributed by atoms with Gasteiger partial charge in [0.25, 0.3) is 0 Å². The van der Waals surface area contributed by atoms with E-state index in [0.717, 1.165) is 10.7 Å². The number of imidazole rings is 1. The van der Waals surface area contributed by atoms with E-state index in [9.17, 15) is 15.0 Å². The summed E-state index contributed by atoms with van der Waals surface area (Å²) in [6.07, 6.45) is 1.08. The average Bonchev–Trinajstić information content (AvgIpc) is 2.93. The number of carbonyl (C=O) groups is 1. The van der Waals surface area contributed by atoms with Gasteiger partial charge in [-0.15, -0.1) is 0 Å². The number of aromatic nitrogens is 2. The second-order valence-electron chi connectivity index (χ2n) is 5.13. The highest BCUT2D eigenvalue weighted by Crippen LogP contribution is 2.24. The first-order valence-electron chi connectivity index (χ1n) is 7.18. The van der Waals surface area contributed by atoms with E-state index in [1.807, 2.05) is 12.1 Å². The Hall–Kier alpha value is -1.83. The van der Waals surface area contributed by atoms with E-state index in [-0.39, 0.29) is 12.6 Å². The highest BCUT2D eigenvalue weighted by atomic mass is 32.2. The van der Waals surface area contributed by atoms with Crippen molar-refractivity contribution in [1.29, 1.82) is 0 Å². The largest absolute Gasteiger partial charge is 0.465 e. The fourth-order valence-corrected chi connectivity index (χ4v) is 3.10. The van der Waals surface area contributed by atoms with E-state index in [2.05, 4.69) is 4.98 Å². The zero-order valence-electron chi connectivity index (χ0n) is 13.1. The van der Waals surface area contributed by atoms with Crippen LogP contribution >= 0.6 is 11.8 Å². The van der Waals surface area contributed by atoms with E-state index < -0.39 is 6.10 Å². The van der Waals surface area contributed by atoms with Crippen molar-refractivity contribution in [3.63, 3.8) is 0 Å². The number of esters is 1. The van der Waals surface area contributed by atoms with E-state index in [4.69, 9.17) is 4.74 Å². The highest BCUT2D eigenvalue weighted by molar-refractivity contribution is 7.98. The van der Waals surface area contributed by atoms with E-state index in [1.54, 1.807) is 29.8 Å². The molecule has 0 aliphatic carbocycles. The molecular weight excluding hydrogens is 316 g/mol. The first-order valence-corrected chi connectivity index (χ1v) is 8.17. The molecule has 124 valence electrons. The van der Waals surface area contributed by atoms with Crippen LogP contribution in [0, 0.1) is 0 Å². The topological polar surface area (TPSA) is 84.6 Å². The number of aliphatic hydroxyl groups is 2. The van der Waals surface area contributed by atoms with E-state index in [0.29, 0.717) is 23.6 Å². The lowest BCUT2D eigenvalue weighted by atomic mass is 10.1. The van der Waals surface area contributed by atoms with Crippen LogP contribution in [0.4, 0.5) is 0 Å². The number of methoxy groups -OCH3 is 1. The summed E-state index contributed by atoms with van der Waals surface area (Å²) in [6.45, 7) is 1.94. The summed E-state index contributed by atoms with van der Waals surface area (Å²) in [5.74, 6) is 0.252. The predicted octanol–water partition coefficient (Wildman–Crippen LogP) is 1.84. The molecule has 1 aromatic heterocycles. The molecule has 1 heterocycles. The Morgan fingerprint density at radius 1 is 1.48 bits per heavy atom. The summed E-state index contributed by atoms with van der Waals surface area (Å²) in [7, 11) is 1.35. The lowest BCUT2D eigenvalue weighted by Gasteiger charge is -2.12. The standard InChI is InChI=1S/C16H20N2O4S/c1-11(20)8-18-14(9-19)7-17-16(18)23-10-12-4-3-5-13(6-12)15(21)22-2/h3-7,11,19-20H,8-10H2,1-2H3. The molecule has 0 fully saturated rings. The third kappa shape index (κ3) is 4.57. The molecular formula is C16H20N2O4S. The molecule has 2 rings (SSSR count). The molecule has 1 aromatic carbocycles. The first-order chi connectivity index (χ1) is 11.0. The maximum absolute atomic E-state index is 11.6. The Morgan fingerprint density at radius 3 is 2.91 bits per heavy atom. The molecule has 1 atom stereocenters. The van der Waals surface area contributed by atoms with Gasteiger partial charge in [-0.25, -0.2) is 9.78 Å². The zero-order valence-corrected chi connectivity index (χ0v) is 13.9. The third-order valence-corrected chi connectivity index (χ3v) is 4.29. The number of thioether (sulfide) groups is 1. The van der Waals surface area contributed by atoms with Crippen LogP contribution < -0.4 is 0 Å². The number of aliphatic hydroxyl groups excluding tert-OH is 2.